The number of nitrogens with zero attached hydrogens (tertiary/aromatic N) is 3. The van der Waals surface area contributed by atoms with Gasteiger partial charge in [0.2, 0.25) is 0 Å². The van der Waals surface area contributed by atoms with Crippen molar-refractivity contribution < 1.29 is 14.6 Å². The molecule has 0 saturated carbocycles. The molecule has 0 spiro atoms. The van der Waals surface area contributed by atoms with Gasteiger partial charge >= 0.3 is 5.97 Å². The predicted octanol–water partition coefficient (Wildman–Crippen LogP) is -0.403. The molecule has 1 fully saturated rings. The summed E-state index contributed by atoms with van der Waals surface area (Å²) in [7, 11) is 0. The van der Waals surface area contributed by atoms with Crippen molar-refractivity contribution in [1.29, 1.82) is 0 Å². The van der Waals surface area contributed by atoms with Gasteiger partial charge in [0.05, 0.1) is 18.9 Å². The molecule has 1 aliphatic heterocycles. The molecule has 0 aromatic carbocycles. The van der Waals surface area contributed by atoms with E-state index in [1.54, 1.807) is 0 Å². The van der Waals surface area contributed by atoms with Crippen LogP contribution < -0.4 is 5.32 Å². The Kier molecular flexibility index (Phi) is 5.20. The summed E-state index contributed by atoms with van der Waals surface area (Å²) in [6.07, 6.45) is 2.69. The third-order valence-electron chi connectivity index (χ3n) is 3.03. The van der Waals surface area contributed by atoms with E-state index in [1.807, 2.05) is 0 Å². The molecule has 0 bridgehead atoms. The summed E-state index contributed by atoms with van der Waals surface area (Å²) >= 11 is 0. The molecule has 1 aromatic rings. The number of rotatable bonds is 6. The number of nitrogens with one attached hydrogen (secondary N) is 1. The molecule has 0 amide bonds. The minimum absolute atomic E-state index is 0.154. The second kappa shape index (κ2) is 7.13. The van der Waals surface area contributed by atoms with Gasteiger partial charge in [0.25, 0.3) is 0 Å². The Labute approximate surface area is 111 Å². The number of carbonyl (C=O) groups is 1. The van der Waals surface area contributed by atoms with Gasteiger partial charge in [0.1, 0.15) is 11.9 Å². The normalized spacial score (nSPS) is 16.4. The fraction of sp³-hybridized carbons (Fsp3) is 0.583. The van der Waals surface area contributed by atoms with Crippen molar-refractivity contribution in [2.24, 2.45) is 0 Å². The van der Waals surface area contributed by atoms with Crippen LogP contribution in [0.25, 0.3) is 0 Å². The standard InChI is InChI=1S/C12H18N4O3/c17-12(18)10-7-14-9-15-11(10)8-13-1-2-16-3-5-19-6-4-16/h7,9,13H,1-6,8H2,(H,17,18). The Bertz CT molecular complexity index is 421. The van der Waals surface area contributed by atoms with Crippen LogP contribution in [-0.4, -0.2) is 65.3 Å². The fourth-order valence-electron chi connectivity index (χ4n) is 1.94. The van der Waals surface area contributed by atoms with Crippen molar-refractivity contribution in [3.05, 3.63) is 23.8 Å². The second-order valence-corrected chi connectivity index (χ2v) is 4.32. The average Bonchev–Trinajstić information content (AvgIpc) is 2.45. The molecule has 0 aliphatic carbocycles. The largest absolute Gasteiger partial charge is 0.478 e. The molecule has 19 heavy (non-hydrogen) atoms. The lowest BCUT2D eigenvalue weighted by atomic mass is 10.2. The van der Waals surface area contributed by atoms with Crippen LogP contribution in [0.4, 0.5) is 0 Å². The lowest BCUT2D eigenvalue weighted by molar-refractivity contribution is 0.0384. The van der Waals surface area contributed by atoms with Crippen LogP contribution >= 0.6 is 0 Å². The van der Waals surface area contributed by atoms with Crippen molar-refractivity contribution in [1.82, 2.24) is 20.2 Å². The molecule has 104 valence electrons. The molecule has 0 atom stereocenters. The number of aromatic nitrogens is 2. The molecule has 1 saturated heterocycles. The zero-order chi connectivity index (χ0) is 13.5. The van der Waals surface area contributed by atoms with Gasteiger partial charge in [-0.25, -0.2) is 14.8 Å². The van der Waals surface area contributed by atoms with E-state index >= 15 is 0 Å². The molecule has 1 aliphatic rings. The van der Waals surface area contributed by atoms with E-state index in [0.717, 1.165) is 39.4 Å². The topological polar surface area (TPSA) is 87.6 Å². The van der Waals surface area contributed by atoms with E-state index in [-0.39, 0.29) is 5.56 Å². The van der Waals surface area contributed by atoms with Crippen molar-refractivity contribution >= 4 is 5.97 Å². The minimum atomic E-state index is -0.995. The van der Waals surface area contributed by atoms with E-state index in [4.69, 9.17) is 9.84 Å². The Morgan fingerprint density at radius 3 is 3.00 bits per heavy atom. The quantitative estimate of drug-likeness (QED) is 0.677. The monoisotopic (exact) mass is 266 g/mol. The first-order valence-corrected chi connectivity index (χ1v) is 6.30. The van der Waals surface area contributed by atoms with Gasteiger partial charge in [-0.3, -0.25) is 4.90 Å². The van der Waals surface area contributed by atoms with Crippen LogP contribution in [0.15, 0.2) is 12.5 Å². The van der Waals surface area contributed by atoms with Crippen molar-refractivity contribution in [2.75, 3.05) is 39.4 Å². The smallest absolute Gasteiger partial charge is 0.339 e. The van der Waals surface area contributed by atoms with Gasteiger partial charge in [0, 0.05) is 38.9 Å². The molecule has 0 radical (unpaired) electrons. The minimum Gasteiger partial charge on any atom is -0.478 e. The molecular formula is C12H18N4O3. The van der Waals surface area contributed by atoms with E-state index < -0.39 is 5.97 Å². The van der Waals surface area contributed by atoms with E-state index in [9.17, 15) is 4.79 Å². The maximum atomic E-state index is 11.0. The zero-order valence-electron chi connectivity index (χ0n) is 10.7. The predicted molar refractivity (Wildman–Crippen MR) is 68.0 cm³/mol. The first-order valence-electron chi connectivity index (χ1n) is 6.30. The van der Waals surface area contributed by atoms with Crippen LogP contribution in [0.5, 0.6) is 0 Å². The van der Waals surface area contributed by atoms with Gasteiger partial charge in [-0.05, 0) is 0 Å². The number of carboxylic acid groups (broad SMARTS) is 1. The number of aromatic carboxylic acids is 1. The number of ether oxygens (including phenoxy) is 1. The Morgan fingerprint density at radius 1 is 1.47 bits per heavy atom. The van der Waals surface area contributed by atoms with Gasteiger partial charge in [-0.15, -0.1) is 0 Å². The summed E-state index contributed by atoms with van der Waals surface area (Å²) in [4.78, 5) is 21.0. The summed E-state index contributed by atoms with van der Waals surface area (Å²) in [5.41, 5.74) is 0.672. The summed E-state index contributed by atoms with van der Waals surface area (Å²) in [6, 6.07) is 0. The van der Waals surface area contributed by atoms with Crippen LogP contribution in [0, 0.1) is 0 Å². The third kappa shape index (κ3) is 4.23. The maximum Gasteiger partial charge on any atom is 0.339 e. The van der Waals surface area contributed by atoms with E-state index in [2.05, 4.69) is 20.2 Å². The van der Waals surface area contributed by atoms with Crippen LogP contribution in [-0.2, 0) is 11.3 Å². The number of morpholine rings is 1. The first kappa shape index (κ1) is 13.9. The van der Waals surface area contributed by atoms with Crippen molar-refractivity contribution in [2.45, 2.75) is 6.54 Å². The van der Waals surface area contributed by atoms with Crippen LogP contribution in [0.3, 0.4) is 0 Å². The summed E-state index contributed by atoms with van der Waals surface area (Å²) in [5, 5.41) is 12.2. The molecule has 1 aromatic heterocycles. The number of carboxylic acids is 1. The maximum absolute atomic E-state index is 11.0. The Balaban J connectivity index is 1.74. The molecule has 2 rings (SSSR count). The highest BCUT2D eigenvalue weighted by Gasteiger charge is 2.12. The van der Waals surface area contributed by atoms with Crippen LogP contribution in [0.2, 0.25) is 0 Å². The highest BCUT2D eigenvalue weighted by molar-refractivity contribution is 5.88. The molecule has 0 unspecified atom stereocenters. The fourth-order valence-corrected chi connectivity index (χ4v) is 1.94. The van der Waals surface area contributed by atoms with Crippen molar-refractivity contribution in [3.63, 3.8) is 0 Å². The molecular weight excluding hydrogens is 248 g/mol. The van der Waals surface area contributed by atoms with Crippen LogP contribution in [0.1, 0.15) is 16.1 Å². The molecule has 7 nitrogen and oxygen atoms in total. The van der Waals surface area contributed by atoms with Gasteiger partial charge in [0.15, 0.2) is 0 Å². The Hall–Kier alpha value is -1.57. The molecule has 2 N–H and O–H groups in total. The molecule has 7 heteroatoms. The highest BCUT2D eigenvalue weighted by atomic mass is 16.5. The van der Waals surface area contributed by atoms with Gasteiger partial charge in [-0.2, -0.15) is 0 Å². The first-order chi connectivity index (χ1) is 9.27. The summed E-state index contributed by atoms with van der Waals surface area (Å²) in [6.45, 7) is 5.64. The van der Waals surface area contributed by atoms with E-state index in [0.29, 0.717) is 12.2 Å². The SMILES string of the molecule is O=C(O)c1cncnc1CNCCN1CCOCC1. The van der Waals surface area contributed by atoms with E-state index in [1.165, 1.54) is 12.5 Å². The number of hydrogen-bond donors (Lipinski definition) is 2. The second-order valence-electron chi connectivity index (χ2n) is 4.32. The zero-order valence-corrected chi connectivity index (χ0v) is 10.7. The number of hydrogen-bond acceptors (Lipinski definition) is 6. The molecule has 2 heterocycles. The summed E-state index contributed by atoms with van der Waals surface area (Å²) in [5.74, 6) is -0.995. The van der Waals surface area contributed by atoms with Crippen molar-refractivity contribution in [3.8, 4) is 0 Å². The average molecular weight is 266 g/mol. The summed E-state index contributed by atoms with van der Waals surface area (Å²) < 4.78 is 5.27. The lowest BCUT2D eigenvalue weighted by Gasteiger charge is -2.26. The lowest BCUT2D eigenvalue weighted by Crippen LogP contribution is -2.40. The Morgan fingerprint density at radius 2 is 2.26 bits per heavy atom. The van der Waals surface area contributed by atoms with Gasteiger partial charge in [-0.1, -0.05) is 0 Å². The highest BCUT2D eigenvalue weighted by Crippen LogP contribution is 2.03. The van der Waals surface area contributed by atoms with Gasteiger partial charge < -0.3 is 15.2 Å². The third-order valence-corrected chi connectivity index (χ3v) is 3.03.